The standard InChI is InChI=1S/C27H41N7O/c1-4-17-33(18-5-2)19-7-6-12-32-27(35)24-10-8-23(9-11-24)20-34(21-25-28-13-14-29-25)22(3)26-30-15-16-31-26/h8-11,13-16,22H,4-7,12,17-21H2,1-3H3,(H,28,29)(H,30,31)(H,32,35). The Hall–Kier alpha value is -2.97. The Kier molecular flexibility index (Phi) is 11.0. The molecule has 3 aromatic rings. The Labute approximate surface area is 209 Å². The summed E-state index contributed by atoms with van der Waals surface area (Å²) in [7, 11) is 0. The summed E-state index contributed by atoms with van der Waals surface area (Å²) in [6.07, 6.45) is 11.7. The molecule has 1 aromatic carbocycles. The highest BCUT2D eigenvalue weighted by molar-refractivity contribution is 5.94. The fourth-order valence-electron chi connectivity index (χ4n) is 4.31. The van der Waals surface area contributed by atoms with E-state index >= 15 is 0 Å². The Morgan fingerprint density at radius 2 is 1.66 bits per heavy atom. The van der Waals surface area contributed by atoms with E-state index in [0.717, 1.165) is 56.2 Å². The Balaban J connectivity index is 1.49. The van der Waals surface area contributed by atoms with Gasteiger partial charge in [0.2, 0.25) is 0 Å². The van der Waals surface area contributed by atoms with E-state index in [9.17, 15) is 4.79 Å². The second-order valence-electron chi connectivity index (χ2n) is 9.09. The third-order valence-electron chi connectivity index (χ3n) is 6.24. The first-order valence-corrected chi connectivity index (χ1v) is 12.9. The summed E-state index contributed by atoms with van der Waals surface area (Å²) in [4.78, 5) is 32.6. The number of nitrogens with one attached hydrogen (secondary N) is 3. The summed E-state index contributed by atoms with van der Waals surface area (Å²) in [6, 6.07) is 7.98. The SMILES string of the molecule is CCCN(CCC)CCCCNC(=O)c1ccc(CN(Cc2ncc[nH]2)C(C)c2ncc[nH]2)cc1. The highest BCUT2D eigenvalue weighted by Crippen LogP contribution is 2.21. The number of unbranched alkanes of at least 4 members (excludes halogenated alkanes) is 1. The van der Waals surface area contributed by atoms with Gasteiger partial charge in [-0.15, -0.1) is 0 Å². The van der Waals surface area contributed by atoms with E-state index in [2.05, 4.69) is 55.8 Å². The zero-order valence-corrected chi connectivity index (χ0v) is 21.5. The molecule has 2 heterocycles. The minimum atomic E-state index is -0.00748. The maximum Gasteiger partial charge on any atom is 0.251 e. The molecule has 0 saturated heterocycles. The van der Waals surface area contributed by atoms with Crippen LogP contribution in [0.4, 0.5) is 0 Å². The molecular formula is C27H41N7O. The first-order valence-electron chi connectivity index (χ1n) is 12.9. The van der Waals surface area contributed by atoms with Gasteiger partial charge in [0.25, 0.3) is 5.91 Å². The van der Waals surface area contributed by atoms with Gasteiger partial charge in [0.1, 0.15) is 11.6 Å². The van der Waals surface area contributed by atoms with E-state index in [1.54, 1.807) is 12.4 Å². The summed E-state index contributed by atoms with van der Waals surface area (Å²) >= 11 is 0. The lowest BCUT2D eigenvalue weighted by molar-refractivity contribution is 0.0952. The molecule has 3 rings (SSSR count). The molecule has 1 atom stereocenters. The van der Waals surface area contributed by atoms with Crippen molar-refractivity contribution in [3.8, 4) is 0 Å². The number of aromatic nitrogens is 4. The number of imidazole rings is 2. The Bertz CT molecular complexity index is 948. The zero-order valence-electron chi connectivity index (χ0n) is 21.5. The molecular weight excluding hydrogens is 438 g/mol. The van der Waals surface area contributed by atoms with Crippen molar-refractivity contribution < 1.29 is 4.79 Å². The smallest absolute Gasteiger partial charge is 0.251 e. The van der Waals surface area contributed by atoms with E-state index in [1.807, 2.05) is 36.7 Å². The number of hydrogen-bond acceptors (Lipinski definition) is 5. The molecule has 1 amide bonds. The number of carbonyl (C=O) groups is 1. The molecule has 1 unspecified atom stereocenters. The maximum absolute atomic E-state index is 12.6. The van der Waals surface area contributed by atoms with Crippen LogP contribution in [0.1, 0.15) is 80.1 Å². The first-order chi connectivity index (χ1) is 17.1. The predicted molar refractivity (Wildman–Crippen MR) is 140 cm³/mol. The maximum atomic E-state index is 12.6. The van der Waals surface area contributed by atoms with Crippen molar-refractivity contribution in [2.45, 2.75) is 65.6 Å². The van der Waals surface area contributed by atoms with Gasteiger partial charge in [0.05, 0.1) is 12.6 Å². The van der Waals surface area contributed by atoms with Crippen LogP contribution in [0.5, 0.6) is 0 Å². The summed E-state index contributed by atoms with van der Waals surface area (Å²) < 4.78 is 0. The van der Waals surface area contributed by atoms with Crippen molar-refractivity contribution >= 4 is 5.91 Å². The van der Waals surface area contributed by atoms with Crippen molar-refractivity contribution in [1.29, 1.82) is 0 Å². The monoisotopic (exact) mass is 479 g/mol. The Morgan fingerprint density at radius 1 is 0.943 bits per heavy atom. The van der Waals surface area contributed by atoms with E-state index in [1.165, 1.54) is 12.8 Å². The molecule has 0 bridgehead atoms. The molecule has 35 heavy (non-hydrogen) atoms. The van der Waals surface area contributed by atoms with Crippen LogP contribution in [0, 0.1) is 0 Å². The van der Waals surface area contributed by atoms with Crippen LogP contribution in [0.25, 0.3) is 0 Å². The summed E-state index contributed by atoms with van der Waals surface area (Å²) in [5.74, 6) is 1.82. The lowest BCUT2D eigenvalue weighted by atomic mass is 10.1. The lowest BCUT2D eigenvalue weighted by Gasteiger charge is -2.27. The van der Waals surface area contributed by atoms with Gasteiger partial charge in [-0.25, -0.2) is 9.97 Å². The van der Waals surface area contributed by atoms with Gasteiger partial charge in [0.15, 0.2) is 0 Å². The molecule has 8 heteroatoms. The van der Waals surface area contributed by atoms with Gasteiger partial charge >= 0.3 is 0 Å². The van der Waals surface area contributed by atoms with E-state index < -0.39 is 0 Å². The van der Waals surface area contributed by atoms with Crippen LogP contribution in [0.15, 0.2) is 49.1 Å². The van der Waals surface area contributed by atoms with Crippen LogP contribution < -0.4 is 5.32 Å². The Morgan fingerprint density at radius 3 is 2.29 bits per heavy atom. The second-order valence-corrected chi connectivity index (χ2v) is 9.09. The lowest BCUT2D eigenvalue weighted by Crippen LogP contribution is -2.28. The number of H-pyrrole nitrogens is 2. The number of amides is 1. The summed E-state index contributed by atoms with van der Waals surface area (Å²) in [6.45, 7) is 12.1. The number of rotatable bonds is 16. The topological polar surface area (TPSA) is 92.9 Å². The van der Waals surface area contributed by atoms with Gasteiger partial charge in [0, 0.05) is 43.4 Å². The highest BCUT2D eigenvalue weighted by atomic mass is 16.1. The largest absolute Gasteiger partial charge is 0.352 e. The van der Waals surface area contributed by atoms with Crippen LogP contribution in [0.3, 0.4) is 0 Å². The van der Waals surface area contributed by atoms with Gasteiger partial charge in [-0.05, 0) is 69.9 Å². The fourth-order valence-corrected chi connectivity index (χ4v) is 4.31. The van der Waals surface area contributed by atoms with E-state index in [-0.39, 0.29) is 11.9 Å². The van der Waals surface area contributed by atoms with Crippen molar-refractivity contribution in [2.24, 2.45) is 0 Å². The normalized spacial score (nSPS) is 12.4. The molecule has 0 fully saturated rings. The number of hydrogen-bond donors (Lipinski definition) is 3. The first kappa shape index (κ1) is 26.6. The minimum absolute atomic E-state index is 0.00748. The number of carbonyl (C=O) groups excluding carboxylic acids is 1. The van der Waals surface area contributed by atoms with Crippen molar-refractivity contribution in [3.05, 3.63) is 71.8 Å². The van der Waals surface area contributed by atoms with Crippen LogP contribution in [-0.4, -0.2) is 61.8 Å². The number of aromatic amines is 2. The van der Waals surface area contributed by atoms with Gasteiger partial charge in [-0.2, -0.15) is 0 Å². The average molecular weight is 480 g/mol. The molecule has 190 valence electrons. The second kappa shape index (κ2) is 14.4. The molecule has 0 aliphatic carbocycles. The number of benzene rings is 1. The highest BCUT2D eigenvalue weighted by Gasteiger charge is 2.19. The summed E-state index contributed by atoms with van der Waals surface area (Å²) in [5.41, 5.74) is 1.84. The average Bonchev–Trinajstić information content (AvgIpc) is 3.58. The van der Waals surface area contributed by atoms with Crippen molar-refractivity contribution in [2.75, 3.05) is 26.2 Å². The number of nitrogens with zero attached hydrogens (tertiary/aromatic N) is 4. The van der Waals surface area contributed by atoms with Crippen LogP contribution in [0.2, 0.25) is 0 Å². The fraction of sp³-hybridized carbons (Fsp3) is 0.519. The minimum Gasteiger partial charge on any atom is -0.352 e. The molecule has 0 spiro atoms. The summed E-state index contributed by atoms with van der Waals surface area (Å²) in [5, 5.41) is 3.07. The molecule has 0 radical (unpaired) electrons. The third-order valence-corrected chi connectivity index (χ3v) is 6.24. The molecule has 0 aliphatic heterocycles. The molecule has 0 aliphatic rings. The van der Waals surface area contributed by atoms with Gasteiger partial charge in [-0.3, -0.25) is 9.69 Å². The van der Waals surface area contributed by atoms with E-state index in [4.69, 9.17) is 0 Å². The zero-order chi connectivity index (χ0) is 24.9. The van der Waals surface area contributed by atoms with Crippen LogP contribution in [-0.2, 0) is 13.1 Å². The third kappa shape index (κ3) is 8.64. The molecule has 0 saturated carbocycles. The van der Waals surface area contributed by atoms with E-state index in [0.29, 0.717) is 18.7 Å². The van der Waals surface area contributed by atoms with Crippen molar-refractivity contribution in [1.82, 2.24) is 35.1 Å². The quantitative estimate of drug-likeness (QED) is 0.263. The van der Waals surface area contributed by atoms with Crippen LogP contribution >= 0.6 is 0 Å². The predicted octanol–water partition coefficient (Wildman–Crippen LogP) is 4.53. The van der Waals surface area contributed by atoms with Crippen molar-refractivity contribution in [3.63, 3.8) is 0 Å². The molecule has 2 aromatic heterocycles. The molecule has 8 nitrogen and oxygen atoms in total. The van der Waals surface area contributed by atoms with Gasteiger partial charge < -0.3 is 20.2 Å². The van der Waals surface area contributed by atoms with Gasteiger partial charge in [-0.1, -0.05) is 26.0 Å². The molecule has 3 N–H and O–H groups in total.